The second kappa shape index (κ2) is 11.1. The van der Waals surface area contributed by atoms with Crippen molar-refractivity contribution in [1.82, 2.24) is 0 Å². The molecule has 0 spiro atoms. The van der Waals surface area contributed by atoms with Crippen LogP contribution in [0.2, 0.25) is 0 Å². The van der Waals surface area contributed by atoms with E-state index in [1.165, 1.54) is 18.2 Å². The zero-order valence-electron chi connectivity index (χ0n) is 16.3. The van der Waals surface area contributed by atoms with Gasteiger partial charge in [0.2, 0.25) is 0 Å². The molecule has 0 bridgehead atoms. The zero-order chi connectivity index (χ0) is 22.3. The van der Waals surface area contributed by atoms with Crippen LogP contribution in [0, 0.1) is 0 Å². The molecule has 1 aliphatic rings. The lowest BCUT2D eigenvalue weighted by Crippen LogP contribution is -2.59. The van der Waals surface area contributed by atoms with Crippen LogP contribution in [0.15, 0.2) is 35.9 Å². The van der Waals surface area contributed by atoms with Crippen LogP contribution >= 0.6 is 0 Å². The number of rotatable bonds is 9. The molecular formula is C20H26O10. The smallest absolute Gasteiger partial charge is 0.328 e. The molecule has 0 aromatic heterocycles. The van der Waals surface area contributed by atoms with E-state index in [2.05, 4.69) is 0 Å². The molecule has 0 aliphatic carbocycles. The lowest BCUT2D eigenvalue weighted by molar-refractivity contribution is -0.299. The summed E-state index contributed by atoms with van der Waals surface area (Å²) in [7, 11) is 0. The second-order valence-electron chi connectivity index (χ2n) is 6.77. The fraction of sp³-hybridized carbons (Fsp3) is 0.450. The molecule has 0 amide bonds. The minimum absolute atomic E-state index is 0.0248. The van der Waals surface area contributed by atoms with Gasteiger partial charge in [-0.1, -0.05) is 6.07 Å². The van der Waals surface area contributed by atoms with Gasteiger partial charge < -0.3 is 44.8 Å². The molecule has 30 heavy (non-hydrogen) atoms. The van der Waals surface area contributed by atoms with Crippen LogP contribution in [0.1, 0.15) is 12.5 Å². The molecule has 1 aliphatic heterocycles. The topological polar surface area (TPSA) is 166 Å². The fourth-order valence-corrected chi connectivity index (χ4v) is 2.68. The van der Waals surface area contributed by atoms with Crippen LogP contribution in [0.4, 0.5) is 0 Å². The van der Waals surface area contributed by atoms with Crippen molar-refractivity contribution in [2.45, 2.75) is 37.6 Å². The van der Waals surface area contributed by atoms with Gasteiger partial charge in [-0.25, -0.2) is 4.79 Å². The predicted octanol–water partition coefficient (Wildman–Crippen LogP) is -0.368. The Morgan fingerprint density at radius 2 is 1.93 bits per heavy atom. The molecular weight excluding hydrogens is 400 g/mol. The Morgan fingerprint density at radius 1 is 1.20 bits per heavy atom. The number of phenolic OH excluding ortho intramolecular Hbond substituents is 1. The number of aromatic hydroxyl groups is 1. The third-order valence-electron chi connectivity index (χ3n) is 4.40. The maximum Gasteiger partial charge on any atom is 0.328 e. The van der Waals surface area contributed by atoms with E-state index in [0.717, 1.165) is 6.08 Å². The Kier molecular flexibility index (Phi) is 8.78. The Hall–Kier alpha value is -2.47. The number of phenols is 1. The molecule has 10 heteroatoms. The van der Waals surface area contributed by atoms with Gasteiger partial charge >= 0.3 is 5.97 Å². The van der Waals surface area contributed by atoms with Crippen molar-refractivity contribution >= 4 is 12.0 Å². The van der Waals surface area contributed by atoms with Crippen molar-refractivity contribution in [2.75, 3.05) is 19.8 Å². The normalized spacial score (nSPS) is 27.4. The third kappa shape index (κ3) is 6.52. The minimum atomic E-state index is -1.51. The van der Waals surface area contributed by atoms with E-state index in [9.17, 15) is 25.2 Å². The number of carboxylic acids is 1. The lowest BCUT2D eigenvalue weighted by atomic mass is 9.99. The number of aliphatic hydroxyl groups is 4. The van der Waals surface area contributed by atoms with Crippen molar-refractivity contribution in [2.24, 2.45) is 0 Å². The first-order chi connectivity index (χ1) is 14.2. The number of aliphatic hydroxyl groups excluding tert-OH is 4. The molecule has 10 nitrogen and oxygen atoms in total. The standard InChI is InChI=1S/C20H26O10/c1-11(10-29-20-19(27)18(26)17(25)15(9-21)30-20)6-7-28-14-4-2-12(8-13(14)22)3-5-16(23)24/h2-6,8,15,17-22,25-27H,7,9-10H2,1H3,(H,23,24)/t15-,17-,18+,19-,20-/m1/s1. The van der Waals surface area contributed by atoms with Crippen molar-refractivity contribution in [3.8, 4) is 11.5 Å². The van der Waals surface area contributed by atoms with Crippen molar-refractivity contribution in [1.29, 1.82) is 0 Å². The van der Waals surface area contributed by atoms with Gasteiger partial charge in [0.1, 0.15) is 31.0 Å². The molecule has 1 aromatic carbocycles. The Balaban J connectivity index is 1.85. The highest BCUT2D eigenvalue weighted by Gasteiger charge is 2.43. The maximum absolute atomic E-state index is 10.5. The SMILES string of the molecule is CC(=CCOc1ccc(C=CC(=O)O)cc1O)CO[C@@H]1O[C@H](CO)[C@@H](O)[C@H](O)[C@H]1O. The molecule has 1 fully saturated rings. The van der Waals surface area contributed by atoms with E-state index >= 15 is 0 Å². The Morgan fingerprint density at radius 3 is 2.57 bits per heavy atom. The van der Waals surface area contributed by atoms with Crippen LogP contribution in [-0.2, 0) is 14.3 Å². The average molecular weight is 426 g/mol. The lowest BCUT2D eigenvalue weighted by Gasteiger charge is -2.39. The Labute approximate surface area is 172 Å². The zero-order valence-corrected chi connectivity index (χ0v) is 16.3. The van der Waals surface area contributed by atoms with Crippen LogP contribution in [-0.4, -0.2) is 87.1 Å². The molecule has 2 rings (SSSR count). The molecule has 1 saturated heterocycles. The largest absolute Gasteiger partial charge is 0.504 e. The van der Waals surface area contributed by atoms with Gasteiger partial charge in [-0.15, -0.1) is 0 Å². The summed E-state index contributed by atoms with van der Waals surface area (Å²) in [6, 6.07) is 4.46. The number of carboxylic acid groups (broad SMARTS) is 1. The first kappa shape index (κ1) is 23.8. The van der Waals surface area contributed by atoms with Crippen molar-refractivity contribution in [3.05, 3.63) is 41.5 Å². The average Bonchev–Trinajstić information content (AvgIpc) is 2.71. The van der Waals surface area contributed by atoms with Crippen LogP contribution < -0.4 is 4.74 Å². The van der Waals surface area contributed by atoms with E-state index < -0.39 is 43.3 Å². The molecule has 0 radical (unpaired) electrons. The number of hydrogen-bond donors (Lipinski definition) is 6. The van der Waals surface area contributed by atoms with E-state index in [4.69, 9.17) is 24.4 Å². The molecule has 6 N–H and O–H groups in total. The number of ether oxygens (including phenoxy) is 3. The summed E-state index contributed by atoms with van der Waals surface area (Å²) in [6.45, 7) is 1.31. The summed E-state index contributed by atoms with van der Waals surface area (Å²) < 4.78 is 16.1. The number of aliphatic carboxylic acids is 1. The first-order valence-corrected chi connectivity index (χ1v) is 9.17. The monoisotopic (exact) mass is 426 g/mol. The molecule has 1 aromatic rings. The van der Waals surface area contributed by atoms with Crippen LogP contribution in [0.3, 0.4) is 0 Å². The summed E-state index contributed by atoms with van der Waals surface area (Å²) in [4.78, 5) is 10.5. The van der Waals surface area contributed by atoms with Gasteiger partial charge in [0.25, 0.3) is 0 Å². The third-order valence-corrected chi connectivity index (χ3v) is 4.40. The second-order valence-corrected chi connectivity index (χ2v) is 6.77. The molecule has 166 valence electrons. The highest BCUT2D eigenvalue weighted by molar-refractivity contribution is 5.85. The van der Waals surface area contributed by atoms with Gasteiger partial charge in [-0.2, -0.15) is 0 Å². The van der Waals surface area contributed by atoms with E-state index in [1.54, 1.807) is 19.1 Å². The summed E-state index contributed by atoms with van der Waals surface area (Å²) in [5, 5.41) is 57.2. The number of carbonyl (C=O) groups is 1. The first-order valence-electron chi connectivity index (χ1n) is 9.17. The highest BCUT2D eigenvalue weighted by atomic mass is 16.7. The van der Waals surface area contributed by atoms with Gasteiger partial charge in [0.05, 0.1) is 13.2 Å². The van der Waals surface area contributed by atoms with E-state index in [0.29, 0.717) is 11.1 Å². The molecule has 0 unspecified atom stereocenters. The van der Waals surface area contributed by atoms with Gasteiger partial charge in [-0.3, -0.25) is 0 Å². The van der Waals surface area contributed by atoms with E-state index in [-0.39, 0.29) is 24.7 Å². The van der Waals surface area contributed by atoms with Crippen molar-refractivity contribution in [3.63, 3.8) is 0 Å². The number of benzene rings is 1. The summed E-state index contributed by atoms with van der Waals surface area (Å²) in [6.07, 6.45) is -2.74. The summed E-state index contributed by atoms with van der Waals surface area (Å²) in [5.74, 6) is -1.03. The van der Waals surface area contributed by atoms with Crippen LogP contribution in [0.5, 0.6) is 11.5 Å². The summed E-state index contributed by atoms with van der Waals surface area (Å²) in [5.41, 5.74) is 1.20. The van der Waals surface area contributed by atoms with Gasteiger partial charge in [0, 0.05) is 6.08 Å². The minimum Gasteiger partial charge on any atom is -0.504 e. The fourth-order valence-electron chi connectivity index (χ4n) is 2.68. The van der Waals surface area contributed by atoms with Crippen molar-refractivity contribution < 1.29 is 49.6 Å². The Bertz CT molecular complexity index is 773. The number of hydrogen-bond acceptors (Lipinski definition) is 9. The quantitative estimate of drug-likeness (QED) is 0.227. The molecule has 0 saturated carbocycles. The molecule has 5 atom stereocenters. The van der Waals surface area contributed by atoms with Gasteiger partial charge in [-0.05, 0) is 42.3 Å². The molecule has 1 heterocycles. The van der Waals surface area contributed by atoms with E-state index in [1.807, 2.05) is 0 Å². The summed E-state index contributed by atoms with van der Waals surface area (Å²) >= 11 is 0. The maximum atomic E-state index is 10.5. The van der Waals surface area contributed by atoms with Crippen LogP contribution in [0.25, 0.3) is 6.08 Å². The highest BCUT2D eigenvalue weighted by Crippen LogP contribution is 2.27. The predicted molar refractivity (Wildman–Crippen MR) is 104 cm³/mol. The van der Waals surface area contributed by atoms with Gasteiger partial charge in [0.15, 0.2) is 17.8 Å².